The van der Waals surface area contributed by atoms with Gasteiger partial charge in [-0.05, 0) is 81.8 Å². The second kappa shape index (κ2) is 19.2. The molecule has 0 aliphatic carbocycles. The van der Waals surface area contributed by atoms with Crippen LogP contribution in [0.1, 0.15) is 12.8 Å². The van der Waals surface area contributed by atoms with Crippen LogP contribution in [0.15, 0.2) is 23.8 Å². The van der Waals surface area contributed by atoms with Gasteiger partial charge in [-0.1, -0.05) is 0 Å². The molecule has 0 aromatic heterocycles. The maximum absolute atomic E-state index is 13.9. The minimum Gasteiger partial charge on any atom is -0.437 e. The number of hydrogen-bond donors (Lipinski definition) is 1. The minimum atomic E-state index is -6.04. The van der Waals surface area contributed by atoms with E-state index in [4.69, 9.17) is 12.3 Å². The second-order valence-corrected chi connectivity index (χ2v) is 28.5. The van der Waals surface area contributed by atoms with Crippen molar-refractivity contribution in [3.8, 4) is 0 Å². The van der Waals surface area contributed by atoms with E-state index in [0.29, 0.717) is 12.5 Å². The van der Waals surface area contributed by atoms with Crippen LogP contribution in [0.4, 0.5) is 66.0 Å². The molecular weight excluding hydrogens is 786 g/mol. The average molecular weight is 825 g/mol. The number of hydrogen-bond acceptors (Lipinski definition) is 7. The molecule has 294 valence electrons. The molecule has 0 bridgehead atoms. The first kappa shape index (κ1) is 50.1. The third-order valence-electron chi connectivity index (χ3n) is 5.27. The van der Waals surface area contributed by atoms with Crippen LogP contribution in [0.3, 0.4) is 0 Å². The predicted octanol–water partition coefficient (Wildman–Crippen LogP) is 10.1. The van der Waals surface area contributed by atoms with E-state index in [-0.39, 0.29) is 19.1 Å². The largest absolute Gasteiger partial charge is 0.444 e. The zero-order valence-corrected chi connectivity index (χ0v) is 31.5. The number of aliphatic hydroxyl groups excluding tert-OH is 1. The van der Waals surface area contributed by atoms with E-state index in [9.17, 15) is 71.1 Å². The average Bonchev–Trinajstić information content (AvgIpc) is 2.88. The lowest BCUT2D eigenvalue weighted by molar-refractivity contribution is -0.427. The van der Waals surface area contributed by atoms with Crippen LogP contribution in [0.2, 0.25) is 64.5 Å². The van der Waals surface area contributed by atoms with Gasteiger partial charge in [-0.3, -0.25) is 0 Å². The lowest BCUT2D eigenvalue weighted by atomic mass is 10.3. The smallest absolute Gasteiger partial charge is 0.437 e. The van der Waals surface area contributed by atoms with Crippen molar-refractivity contribution in [1.82, 2.24) is 0 Å². The summed E-state index contributed by atoms with van der Waals surface area (Å²) in [5.74, 6) is -12.3. The lowest BCUT2D eigenvalue weighted by Gasteiger charge is -2.42. The topological polar surface area (TPSA) is 75.6 Å². The Kier molecular flexibility index (Phi) is 19.6. The van der Waals surface area contributed by atoms with Gasteiger partial charge in [-0.25, -0.2) is 4.74 Å². The maximum atomic E-state index is 13.9. The van der Waals surface area contributed by atoms with Crippen molar-refractivity contribution >= 4 is 33.8 Å². The Balaban J connectivity index is 0. The Morgan fingerprint density at radius 2 is 1.10 bits per heavy atom. The fourth-order valence-electron chi connectivity index (χ4n) is 3.86. The summed E-state index contributed by atoms with van der Waals surface area (Å²) in [6.07, 6.45) is -23.7. The molecule has 0 spiro atoms. The highest BCUT2D eigenvalue weighted by atomic mass is 28.5. The fourth-order valence-corrected chi connectivity index (χ4v) is 22.7. The normalized spacial score (nSPS) is 14.9. The van der Waals surface area contributed by atoms with Gasteiger partial charge in [0, 0.05) is 13.2 Å². The van der Waals surface area contributed by atoms with Crippen LogP contribution in [0.25, 0.3) is 0 Å². The Bertz CT molecular complexity index is 1090. The summed E-state index contributed by atoms with van der Waals surface area (Å²) in [5, 5.41) is 9.18. The van der Waals surface area contributed by atoms with E-state index in [0.717, 1.165) is 0 Å². The first-order valence-corrected chi connectivity index (χ1v) is 25.7. The minimum absolute atomic E-state index is 0.00622. The highest BCUT2D eigenvalue weighted by molar-refractivity contribution is 6.89. The highest BCUT2D eigenvalue weighted by Crippen LogP contribution is 2.43. The van der Waals surface area contributed by atoms with E-state index in [1.807, 2.05) is 45.8 Å². The molecule has 0 aliphatic heterocycles. The molecular formula is C23H39F15O7Si4. The van der Waals surface area contributed by atoms with Gasteiger partial charge in [0.2, 0.25) is 0 Å². The van der Waals surface area contributed by atoms with Crippen molar-refractivity contribution in [3.63, 3.8) is 0 Å². The summed E-state index contributed by atoms with van der Waals surface area (Å²) in [6.45, 7) is 12.5. The summed E-state index contributed by atoms with van der Waals surface area (Å²) >= 11 is 0. The standard InChI is InChI=1S/C20H39F9O6Si4.C3F6O/c1-36(2,3)33-38(6,7)35-39(8,34-37(4,5)13-9-11-30)14-10-12-31-15-18(24,25)20(28,29)32-19(26,27)16(21)17(22)23;4-1(2(5)6)3(7,8)10-9/h30H,9-15H2,1-8H3;. The molecule has 0 radical (unpaired) electrons. The van der Waals surface area contributed by atoms with E-state index < -0.39 is 95.0 Å². The predicted molar refractivity (Wildman–Crippen MR) is 154 cm³/mol. The van der Waals surface area contributed by atoms with Crippen LogP contribution < -0.4 is 0 Å². The molecule has 0 aromatic carbocycles. The maximum Gasteiger partial charge on any atom is 0.444 e. The number of alkyl halides is 8. The molecule has 7 nitrogen and oxygen atoms in total. The molecule has 49 heavy (non-hydrogen) atoms. The quantitative estimate of drug-likeness (QED) is 0.0702. The Morgan fingerprint density at radius 3 is 1.49 bits per heavy atom. The monoisotopic (exact) mass is 824 g/mol. The zero-order chi connectivity index (χ0) is 39.5. The van der Waals surface area contributed by atoms with E-state index in [1.54, 1.807) is 11.5 Å². The van der Waals surface area contributed by atoms with Gasteiger partial charge in [0.1, 0.15) is 6.61 Å². The molecule has 0 rings (SSSR count). The van der Waals surface area contributed by atoms with Crippen LogP contribution in [0.5, 0.6) is 0 Å². The van der Waals surface area contributed by atoms with Crippen molar-refractivity contribution in [3.05, 3.63) is 23.8 Å². The molecule has 0 saturated carbocycles. The molecule has 0 fully saturated rings. The highest BCUT2D eigenvalue weighted by Gasteiger charge is 2.64. The number of aliphatic hydroxyl groups is 1. The van der Waals surface area contributed by atoms with Gasteiger partial charge in [-0.2, -0.15) is 61.5 Å². The van der Waals surface area contributed by atoms with Gasteiger partial charge in [0.25, 0.3) is 11.7 Å². The molecule has 0 heterocycles. The van der Waals surface area contributed by atoms with Crippen LogP contribution in [0, 0.1) is 0 Å². The van der Waals surface area contributed by atoms with Crippen molar-refractivity contribution < 1.29 is 97.9 Å². The lowest BCUT2D eigenvalue weighted by Crippen LogP contribution is -2.57. The molecule has 0 amide bonds. The third-order valence-corrected chi connectivity index (χ3v) is 20.1. The Morgan fingerprint density at radius 1 is 0.633 bits per heavy atom. The van der Waals surface area contributed by atoms with E-state index in [1.165, 1.54) is 0 Å². The first-order chi connectivity index (χ1) is 21.6. The van der Waals surface area contributed by atoms with E-state index >= 15 is 0 Å². The van der Waals surface area contributed by atoms with Crippen LogP contribution >= 0.6 is 0 Å². The van der Waals surface area contributed by atoms with Crippen molar-refractivity contribution in [2.75, 3.05) is 19.8 Å². The summed E-state index contributed by atoms with van der Waals surface area (Å²) in [4.78, 5) is 1.61. The second-order valence-electron chi connectivity index (χ2n) is 12.3. The fraction of sp³-hybridized carbons (Fsp3) is 0.826. The first-order valence-electron chi connectivity index (χ1n) is 13.8. The van der Waals surface area contributed by atoms with Crippen molar-refractivity contribution in [1.29, 1.82) is 0 Å². The molecule has 1 unspecified atom stereocenters. The van der Waals surface area contributed by atoms with Crippen LogP contribution in [-0.2, 0) is 26.8 Å². The summed E-state index contributed by atoms with van der Waals surface area (Å²) in [5.41, 5.74) is 0. The van der Waals surface area contributed by atoms with Crippen LogP contribution in [-0.4, -0.2) is 82.9 Å². The Hall–Kier alpha value is -0.982. The zero-order valence-electron chi connectivity index (χ0n) is 27.5. The summed E-state index contributed by atoms with van der Waals surface area (Å²) in [6, 6.07) is 0.785. The van der Waals surface area contributed by atoms with Gasteiger partial charge < -0.3 is 22.2 Å². The molecule has 1 atom stereocenters. The Labute approximate surface area is 277 Å². The summed E-state index contributed by atoms with van der Waals surface area (Å²) < 4.78 is 210. The number of ether oxygens (including phenoxy) is 2. The van der Waals surface area contributed by atoms with Gasteiger partial charge >= 0.3 is 53.5 Å². The SMILES string of the molecule is C[Si](C)(C)O[Si](C)(C)O[Si](C)(CCCOCC(F)(F)C(F)(F)OC(F)(F)C(F)=C(F)F)O[Si](C)(C)CCCO.FOC(F)(F)C(F)=C(F)F. The molecule has 1 N–H and O–H groups in total. The number of rotatable bonds is 21. The summed E-state index contributed by atoms with van der Waals surface area (Å²) in [7, 11) is -10.2. The number of halogens is 15. The van der Waals surface area contributed by atoms with Crippen molar-refractivity contribution in [2.24, 2.45) is 0 Å². The van der Waals surface area contributed by atoms with Gasteiger partial charge in [0.05, 0.1) is 0 Å². The van der Waals surface area contributed by atoms with Gasteiger partial charge in [0.15, 0.2) is 16.6 Å². The molecule has 0 aromatic rings. The van der Waals surface area contributed by atoms with Crippen molar-refractivity contribution in [2.45, 2.75) is 102 Å². The van der Waals surface area contributed by atoms with Gasteiger partial charge in [-0.15, -0.1) is 4.94 Å². The molecule has 26 heteroatoms. The molecule has 0 aliphatic rings. The third kappa shape index (κ3) is 19.4. The van der Waals surface area contributed by atoms with E-state index in [2.05, 4.69) is 9.47 Å². The molecule has 0 saturated heterocycles.